The van der Waals surface area contributed by atoms with Crippen molar-refractivity contribution < 1.29 is 26.4 Å². The molecule has 2 aromatic rings. The molecule has 30 heavy (non-hydrogen) atoms. The predicted molar refractivity (Wildman–Crippen MR) is 108 cm³/mol. The Balaban J connectivity index is 1.55. The molecule has 3 heterocycles. The number of fused-ring (bicyclic) bond motifs is 2. The Hall–Kier alpha value is -2.70. The van der Waals surface area contributed by atoms with Gasteiger partial charge in [0, 0.05) is 31.4 Å². The van der Waals surface area contributed by atoms with Crippen LogP contribution in [0.25, 0.3) is 0 Å². The van der Waals surface area contributed by atoms with Crippen molar-refractivity contribution in [2.24, 2.45) is 0 Å². The lowest BCUT2D eigenvalue weighted by molar-refractivity contribution is 0.0950. The van der Waals surface area contributed by atoms with Gasteiger partial charge in [-0.1, -0.05) is 0 Å². The minimum absolute atomic E-state index is 0.0103. The van der Waals surface area contributed by atoms with E-state index in [0.717, 1.165) is 3.97 Å². The monoisotopic (exact) mass is 452 g/mol. The zero-order valence-corrected chi connectivity index (χ0v) is 17.7. The zero-order chi connectivity index (χ0) is 21.7. The van der Waals surface area contributed by atoms with E-state index in [2.05, 4.69) is 10.6 Å². The third-order valence-electron chi connectivity index (χ3n) is 5.03. The molecule has 0 atom stereocenters. The minimum atomic E-state index is -4.01. The molecule has 0 spiro atoms. The molecule has 1 aromatic heterocycles. The number of hydrogen-bond acceptors (Lipinski definition) is 6. The number of nitrogens with one attached hydrogen (secondary N) is 2. The second-order valence-corrected chi connectivity index (χ2v) is 11.1. The molecular weight excluding hydrogens is 432 g/mol. The van der Waals surface area contributed by atoms with Crippen LogP contribution in [0.4, 0.5) is 5.69 Å². The molecule has 1 fully saturated rings. The molecule has 2 amide bonds. The number of amides is 2. The normalized spacial score (nSPS) is 19.4. The van der Waals surface area contributed by atoms with Crippen molar-refractivity contribution >= 4 is 37.5 Å². The van der Waals surface area contributed by atoms with Gasteiger partial charge in [0.15, 0.2) is 0 Å². The standard InChI is InChI=1S/C18H20N4O6S2/c1-12-9-15-18(24)20-14-10-13(3-4-16(14)30(27,28)22(15)11-12)17(23)19-5-7-21-6-2-8-29(21,25)26/h3-4,9-11H,2,5-8H2,1H3,(H,19,23)(H,20,24). The molecule has 2 aliphatic heterocycles. The molecule has 4 rings (SSSR count). The van der Waals surface area contributed by atoms with E-state index in [1.807, 2.05) is 0 Å². The summed E-state index contributed by atoms with van der Waals surface area (Å²) in [5.41, 5.74) is 0.775. The highest BCUT2D eigenvalue weighted by atomic mass is 32.2. The molecule has 0 radical (unpaired) electrons. The van der Waals surface area contributed by atoms with Gasteiger partial charge in [0.1, 0.15) is 10.6 Å². The van der Waals surface area contributed by atoms with E-state index in [4.69, 9.17) is 0 Å². The van der Waals surface area contributed by atoms with Gasteiger partial charge in [0.05, 0.1) is 11.4 Å². The summed E-state index contributed by atoms with van der Waals surface area (Å²) in [6.45, 7) is 2.40. The van der Waals surface area contributed by atoms with Crippen LogP contribution in [0.2, 0.25) is 0 Å². The number of anilines is 1. The van der Waals surface area contributed by atoms with Crippen LogP contribution in [0.1, 0.15) is 32.8 Å². The number of hydrogen-bond donors (Lipinski definition) is 2. The maximum Gasteiger partial charge on any atom is 0.273 e. The van der Waals surface area contributed by atoms with Gasteiger partial charge in [-0.25, -0.2) is 25.1 Å². The smallest absolute Gasteiger partial charge is 0.273 e. The number of nitrogens with zero attached hydrogens (tertiary/aromatic N) is 2. The maximum absolute atomic E-state index is 12.9. The molecule has 12 heteroatoms. The highest BCUT2D eigenvalue weighted by Crippen LogP contribution is 2.30. The van der Waals surface area contributed by atoms with Crippen LogP contribution in [0, 0.1) is 6.92 Å². The van der Waals surface area contributed by atoms with Gasteiger partial charge in [-0.3, -0.25) is 9.59 Å². The molecule has 0 aliphatic carbocycles. The van der Waals surface area contributed by atoms with E-state index >= 15 is 0 Å². The summed E-state index contributed by atoms with van der Waals surface area (Å²) in [6.07, 6.45) is 1.93. The Morgan fingerprint density at radius 1 is 1.20 bits per heavy atom. The van der Waals surface area contributed by atoms with Gasteiger partial charge in [-0.15, -0.1) is 0 Å². The van der Waals surface area contributed by atoms with Crippen LogP contribution < -0.4 is 10.6 Å². The number of sulfonamides is 1. The fourth-order valence-electron chi connectivity index (χ4n) is 3.56. The molecule has 0 bridgehead atoms. The summed E-state index contributed by atoms with van der Waals surface area (Å²) in [4.78, 5) is 24.8. The molecule has 160 valence electrons. The molecule has 0 unspecified atom stereocenters. The Labute approximate surface area is 174 Å². The SMILES string of the molecule is Cc1cc2n(c1)S(=O)(=O)c1ccc(C(=O)NCCN3CCCS3(=O)=O)cc1NC2=O. The first-order valence-electron chi connectivity index (χ1n) is 9.25. The summed E-state index contributed by atoms with van der Waals surface area (Å²) in [5, 5.41) is 5.17. The number of carbonyl (C=O) groups excluding carboxylic acids is 2. The molecule has 10 nitrogen and oxygen atoms in total. The van der Waals surface area contributed by atoms with Crippen LogP contribution in [-0.4, -0.2) is 62.3 Å². The minimum Gasteiger partial charge on any atom is -0.351 e. The van der Waals surface area contributed by atoms with Crippen molar-refractivity contribution in [1.29, 1.82) is 0 Å². The molecule has 2 aliphatic rings. The summed E-state index contributed by atoms with van der Waals surface area (Å²) in [6, 6.07) is 5.39. The quantitative estimate of drug-likeness (QED) is 0.688. The van der Waals surface area contributed by atoms with Crippen molar-refractivity contribution in [2.45, 2.75) is 18.2 Å². The Bertz CT molecular complexity index is 1260. The summed E-state index contributed by atoms with van der Waals surface area (Å²) in [7, 11) is -7.25. The van der Waals surface area contributed by atoms with Crippen molar-refractivity contribution in [3.8, 4) is 0 Å². The average molecular weight is 453 g/mol. The summed E-state index contributed by atoms with van der Waals surface area (Å²) in [5.74, 6) is -0.981. The van der Waals surface area contributed by atoms with E-state index in [1.165, 1.54) is 34.8 Å². The Morgan fingerprint density at radius 2 is 1.97 bits per heavy atom. The molecule has 0 saturated carbocycles. The lowest BCUT2D eigenvalue weighted by atomic mass is 10.2. The lowest BCUT2D eigenvalue weighted by Crippen LogP contribution is -2.35. The third-order valence-corrected chi connectivity index (χ3v) is 8.72. The highest BCUT2D eigenvalue weighted by molar-refractivity contribution is 7.90. The number of aromatic nitrogens is 1. The van der Waals surface area contributed by atoms with Crippen LogP contribution >= 0.6 is 0 Å². The van der Waals surface area contributed by atoms with E-state index in [-0.39, 0.29) is 40.7 Å². The van der Waals surface area contributed by atoms with E-state index in [0.29, 0.717) is 18.5 Å². The first kappa shape index (κ1) is 20.6. The largest absolute Gasteiger partial charge is 0.351 e. The van der Waals surface area contributed by atoms with Crippen LogP contribution in [0.15, 0.2) is 35.4 Å². The third kappa shape index (κ3) is 3.50. The van der Waals surface area contributed by atoms with Gasteiger partial charge < -0.3 is 10.6 Å². The topological polar surface area (TPSA) is 135 Å². The zero-order valence-electron chi connectivity index (χ0n) is 16.1. The maximum atomic E-state index is 12.9. The van der Waals surface area contributed by atoms with Gasteiger partial charge in [-0.05, 0) is 43.2 Å². The van der Waals surface area contributed by atoms with Crippen molar-refractivity contribution in [2.75, 3.05) is 30.7 Å². The lowest BCUT2D eigenvalue weighted by Gasteiger charge is -2.15. The molecule has 1 aromatic carbocycles. The van der Waals surface area contributed by atoms with Crippen molar-refractivity contribution in [1.82, 2.24) is 13.6 Å². The predicted octanol–water partition coefficient (Wildman–Crippen LogP) is 0.365. The van der Waals surface area contributed by atoms with E-state index in [1.54, 1.807) is 6.92 Å². The Morgan fingerprint density at radius 3 is 2.67 bits per heavy atom. The fourth-order valence-corrected chi connectivity index (χ4v) is 6.63. The highest BCUT2D eigenvalue weighted by Gasteiger charge is 2.31. The van der Waals surface area contributed by atoms with Gasteiger partial charge in [0.2, 0.25) is 10.0 Å². The van der Waals surface area contributed by atoms with Gasteiger partial charge in [-0.2, -0.15) is 0 Å². The fraction of sp³-hybridized carbons (Fsp3) is 0.333. The van der Waals surface area contributed by atoms with Gasteiger partial charge >= 0.3 is 0 Å². The van der Waals surface area contributed by atoms with Crippen LogP contribution in [0.3, 0.4) is 0 Å². The Kier molecular flexibility index (Phi) is 4.95. The summed E-state index contributed by atoms with van der Waals surface area (Å²) < 4.78 is 51.7. The molecule has 2 N–H and O–H groups in total. The molecular formula is C18H20N4O6S2. The number of benzene rings is 1. The molecule has 1 saturated heterocycles. The van der Waals surface area contributed by atoms with E-state index < -0.39 is 31.9 Å². The number of rotatable bonds is 4. The number of aryl methyl sites for hydroxylation is 1. The van der Waals surface area contributed by atoms with Crippen LogP contribution in [0.5, 0.6) is 0 Å². The van der Waals surface area contributed by atoms with Gasteiger partial charge in [0.25, 0.3) is 21.8 Å². The number of carbonyl (C=O) groups is 2. The first-order chi connectivity index (χ1) is 14.1. The second kappa shape index (κ2) is 7.22. The van der Waals surface area contributed by atoms with Crippen molar-refractivity contribution in [3.63, 3.8) is 0 Å². The van der Waals surface area contributed by atoms with Crippen LogP contribution in [-0.2, 0) is 20.0 Å². The second-order valence-electron chi connectivity index (χ2n) is 7.19. The summed E-state index contributed by atoms with van der Waals surface area (Å²) >= 11 is 0. The first-order valence-corrected chi connectivity index (χ1v) is 12.3. The van der Waals surface area contributed by atoms with E-state index in [9.17, 15) is 26.4 Å². The average Bonchev–Trinajstić information content (AvgIpc) is 3.22. The van der Waals surface area contributed by atoms with Crippen molar-refractivity contribution in [3.05, 3.63) is 47.3 Å².